The third-order valence-electron chi connectivity index (χ3n) is 2.67. The number of pyridine rings is 1. The first kappa shape index (κ1) is 11.1. The topological polar surface area (TPSA) is 33.1 Å². The number of phenolic OH excluding ortho intramolecular Hbond substituents is 1. The number of fused-ring (bicyclic) bond motifs is 1. The molecule has 0 aliphatic carbocycles. The van der Waals surface area contributed by atoms with Crippen molar-refractivity contribution < 1.29 is 5.11 Å². The number of aromatic nitrogens is 1. The van der Waals surface area contributed by atoms with Crippen molar-refractivity contribution in [2.24, 2.45) is 0 Å². The standard InChI is InChI=1S/C15H11NOS/c17-12-5-3-6-13(10-12)18-15-14-7-2-1-4-11(14)8-9-16-15/h1-10,17H. The van der Waals surface area contributed by atoms with E-state index in [-0.39, 0.29) is 5.75 Å². The molecular formula is C15H11NOS. The minimum absolute atomic E-state index is 0.278. The first-order valence-corrected chi connectivity index (χ1v) is 6.45. The van der Waals surface area contributed by atoms with Gasteiger partial charge in [0.25, 0.3) is 0 Å². The number of rotatable bonds is 2. The molecule has 1 N–H and O–H groups in total. The summed E-state index contributed by atoms with van der Waals surface area (Å²) in [5.41, 5.74) is 0. The molecule has 1 aromatic heterocycles. The van der Waals surface area contributed by atoms with Crippen LogP contribution in [0.5, 0.6) is 5.75 Å². The normalized spacial score (nSPS) is 10.7. The molecule has 0 fully saturated rings. The van der Waals surface area contributed by atoms with Crippen molar-refractivity contribution in [1.29, 1.82) is 0 Å². The fourth-order valence-electron chi connectivity index (χ4n) is 1.83. The maximum Gasteiger partial charge on any atom is 0.116 e. The number of hydrogen-bond acceptors (Lipinski definition) is 3. The Labute approximate surface area is 109 Å². The van der Waals surface area contributed by atoms with Crippen molar-refractivity contribution in [2.75, 3.05) is 0 Å². The molecule has 2 nitrogen and oxygen atoms in total. The lowest BCUT2D eigenvalue weighted by Gasteiger charge is -2.05. The first-order valence-electron chi connectivity index (χ1n) is 5.63. The molecule has 0 aliphatic rings. The van der Waals surface area contributed by atoms with Gasteiger partial charge in [0.15, 0.2) is 0 Å². The first-order chi connectivity index (χ1) is 8.83. The highest BCUT2D eigenvalue weighted by atomic mass is 32.2. The fraction of sp³-hybridized carbons (Fsp3) is 0. The van der Waals surface area contributed by atoms with E-state index in [1.54, 1.807) is 23.9 Å². The fourth-order valence-corrected chi connectivity index (χ4v) is 2.79. The van der Waals surface area contributed by atoms with Crippen LogP contribution in [0.15, 0.2) is 70.7 Å². The van der Waals surface area contributed by atoms with Gasteiger partial charge in [0.1, 0.15) is 10.8 Å². The summed E-state index contributed by atoms with van der Waals surface area (Å²) in [7, 11) is 0. The Morgan fingerprint density at radius 1 is 0.944 bits per heavy atom. The molecule has 1 heterocycles. The van der Waals surface area contributed by atoms with Crippen LogP contribution in [-0.2, 0) is 0 Å². The molecule has 2 aromatic carbocycles. The molecule has 0 aliphatic heterocycles. The van der Waals surface area contributed by atoms with Gasteiger partial charge in [-0.3, -0.25) is 0 Å². The van der Waals surface area contributed by atoms with E-state index >= 15 is 0 Å². The lowest BCUT2D eigenvalue weighted by atomic mass is 10.2. The van der Waals surface area contributed by atoms with Gasteiger partial charge in [-0.05, 0) is 29.7 Å². The Morgan fingerprint density at radius 2 is 1.83 bits per heavy atom. The predicted molar refractivity (Wildman–Crippen MR) is 74.0 cm³/mol. The average molecular weight is 253 g/mol. The van der Waals surface area contributed by atoms with Crippen LogP contribution in [0.1, 0.15) is 0 Å². The van der Waals surface area contributed by atoms with Gasteiger partial charge in [-0.25, -0.2) is 4.98 Å². The second-order valence-electron chi connectivity index (χ2n) is 3.94. The molecule has 18 heavy (non-hydrogen) atoms. The molecular weight excluding hydrogens is 242 g/mol. The summed E-state index contributed by atoms with van der Waals surface area (Å²) in [6.45, 7) is 0. The van der Waals surface area contributed by atoms with Gasteiger partial charge in [0.2, 0.25) is 0 Å². The van der Waals surface area contributed by atoms with E-state index in [2.05, 4.69) is 17.1 Å². The van der Waals surface area contributed by atoms with Crippen molar-refractivity contribution in [1.82, 2.24) is 4.98 Å². The molecule has 0 amide bonds. The molecule has 88 valence electrons. The summed E-state index contributed by atoms with van der Waals surface area (Å²) in [6, 6.07) is 17.4. The molecule has 3 aromatic rings. The van der Waals surface area contributed by atoms with Gasteiger partial charge in [0.05, 0.1) is 0 Å². The third-order valence-corrected chi connectivity index (χ3v) is 3.68. The number of phenols is 1. The highest BCUT2D eigenvalue weighted by Gasteiger charge is 2.04. The second-order valence-corrected chi connectivity index (χ2v) is 5.00. The van der Waals surface area contributed by atoms with Crippen LogP contribution in [0.2, 0.25) is 0 Å². The van der Waals surface area contributed by atoms with Gasteiger partial charge in [-0.1, -0.05) is 42.1 Å². The lowest BCUT2D eigenvalue weighted by Crippen LogP contribution is -1.82. The molecule has 0 saturated heterocycles. The van der Waals surface area contributed by atoms with Gasteiger partial charge < -0.3 is 5.11 Å². The van der Waals surface area contributed by atoms with Crippen molar-refractivity contribution >= 4 is 22.5 Å². The summed E-state index contributed by atoms with van der Waals surface area (Å²) in [5.74, 6) is 0.278. The second kappa shape index (κ2) is 4.70. The number of aromatic hydroxyl groups is 1. The van der Waals surface area contributed by atoms with Crippen LogP contribution in [0, 0.1) is 0 Å². The van der Waals surface area contributed by atoms with E-state index in [1.807, 2.05) is 36.5 Å². The Morgan fingerprint density at radius 3 is 2.72 bits per heavy atom. The minimum Gasteiger partial charge on any atom is -0.508 e. The Bertz CT molecular complexity index is 691. The zero-order valence-electron chi connectivity index (χ0n) is 9.58. The maximum absolute atomic E-state index is 9.47. The average Bonchev–Trinajstić information content (AvgIpc) is 2.39. The van der Waals surface area contributed by atoms with Gasteiger partial charge in [0, 0.05) is 16.5 Å². The van der Waals surface area contributed by atoms with Crippen LogP contribution in [-0.4, -0.2) is 10.1 Å². The maximum atomic E-state index is 9.47. The van der Waals surface area contributed by atoms with E-state index < -0.39 is 0 Å². The van der Waals surface area contributed by atoms with Crippen molar-refractivity contribution in [2.45, 2.75) is 9.92 Å². The van der Waals surface area contributed by atoms with E-state index in [9.17, 15) is 5.11 Å². The lowest BCUT2D eigenvalue weighted by molar-refractivity contribution is 0.474. The molecule has 3 rings (SSSR count). The third kappa shape index (κ3) is 2.17. The zero-order chi connectivity index (χ0) is 12.4. The van der Waals surface area contributed by atoms with E-state index in [0.717, 1.165) is 15.3 Å². The van der Waals surface area contributed by atoms with E-state index in [1.165, 1.54) is 5.39 Å². The van der Waals surface area contributed by atoms with Crippen LogP contribution in [0.3, 0.4) is 0 Å². The van der Waals surface area contributed by atoms with Gasteiger partial charge in [-0.15, -0.1) is 0 Å². The SMILES string of the molecule is Oc1cccc(Sc2nccc3ccccc23)c1. The zero-order valence-corrected chi connectivity index (χ0v) is 10.4. The highest BCUT2D eigenvalue weighted by Crippen LogP contribution is 2.32. The summed E-state index contributed by atoms with van der Waals surface area (Å²) in [5, 5.41) is 12.7. The molecule has 0 spiro atoms. The minimum atomic E-state index is 0.278. The van der Waals surface area contributed by atoms with E-state index in [4.69, 9.17) is 0 Å². The number of benzene rings is 2. The van der Waals surface area contributed by atoms with Crippen molar-refractivity contribution in [3.63, 3.8) is 0 Å². The number of hydrogen-bond donors (Lipinski definition) is 1. The van der Waals surface area contributed by atoms with Crippen molar-refractivity contribution in [3.05, 3.63) is 60.8 Å². The molecule has 0 radical (unpaired) electrons. The number of nitrogens with zero attached hydrogens (tertiary/aromatic N) is 1. The Hall–Kier alpha value is -2.00. The highest BCUT2D eigenvalue weighted by molar-refractivity contribution is 7.99. The van der Waals surface area contributed by atoms with Crippen LogP contribution in [0.25, 0.3) is 10.8 Å². The molecule has 0 atom stereocenters. The molecule has 3 heteroatoms. The van der Waals surface area contributed by atoms with Gasteiger partial charge in [-0.2, -0.15) is 0 Å². The van der Waals surface area contributed by atoms with Crippen LogP contribution in [0.4, 0.5) is 0 Å². The molecule has 0 saturated carbocycles. The largest absolute Gasteiger partial charge is 0.508 e. The predicted octanol–water partition coefficient (Wildman–Crippen LogP) is 4.09. The monoisotopic (exact) mass is 253 g/mol. The summed E-state index contributed by atoms with van der Waals surface area (Å²) >= 11 is 1.56. The van der Waals surface area contributed by atoms with Gasteiger partial charge >= 0.3 is 0 Å². The molecule has 0 bridgehead atoms. The van der Waals surface area contributed by atoms with E-state index in [0.29, 0.717) is 0 Å². The summed E-state index contributed by atoms with van der Waals surface area (Å²) in [6.07, 6.45) is 1.81. The summed E-state index contributed by atoms with van der Waals surface area (Å²) in [4.78, 5) is 5.40. The Balaban J connectivity index is 2.05. The molecule has 0 unspecified atom stereocenters. The van der Waals surface area contributed by atoms with Crippen LogP contribution >= 0.6 is 11.8 Å². The summed E-state index contributed by atoms with van der Waals surface area (Å²) < 4.78 is 0. The smallest absolute Gasteiger partial charge is 0.116 e. The Kier molecular flexibility index (Phi) is 2.90. The van der Waals surface area contributed by atoms with Crippen molar-refractivity contribution in [3.8, 4) is 5.75 Å². The quantitative estimate of drug-likeness (QED) is 0.746. The van der Waals surface area contributed by atoms with Crippen LogP contribution < -0.4 is 0 Å².